The first-order chi connectivity index (χ1) is 13.5. The summed E-state index contributed by atoms with van der Waals surface area (Å²) < 4.78 is 5.84. The minimum atomic E-state index is -0.0975. The molecule has 28 heavy (non-hydrogen) atoms. The summed E-state index contributed by atoms with van der Waals surface area (Å²) in [5.41, 5.74) is 3.32. The van der Waals surface area contributed by atoms with Crippen LogP contribution in [0, 0.1) is 6.92 Å². The molecule has 1 aromatic heterocycles. The number of aryl methyl sites for hydroxylation is 2. The molecule has 0 saturated carbocycles. The first-order valence-electron chi connectivity index (χ1n) is 9.39. The molecule has 0 aliphatic rings. The molecule has 1 heterocycles. The van der Waals surface area contributed by atoms with Crippen LogP contribution in [0.2, 0.25) is 0 Å². The molecule has 5 heteroatoms. The van der Waals surface area contributed by atoms with Crippen LogP contribution in [-0.4, -0.2) is 11.8 Å². The van der Waals surface area contributed by atoms with Crippen LogP contribution in [0.5, 0.6) is 0 Å². The fourth-order valence-corrected chi connectivity index (χ4v) is 2.80. The second kappa shape index (κ2) is 9.04. The lowest BCUT2D eigenvalue weighted by Gasteiger charge is -2.11. The molecule has 5 nitrogen and oxygen atoms in total. The van der Waals surface area contributed by atoms with Crippen LogP contribution in [-0.2, 0) is 16.0 Å². The number of carbonyl (C=O) groups excluding carboxylic acids is 2. The Morgan fingerprint density at radius 2 is 1.71 bits per heavy atom. The quantitative estimate of drug-likeness (QED) is 0.597. The van der Waals surface area contributed by atoms with Gasteiger partial charge in [-0.1, -0.05) is 43.3 Å². The molecular formula is C23H24N2O3. The zero-order valence-electron chi connectivity index (χ0n) is 16.1. The highest BCUT2D eigenvalue weighted by atomic mass is 16.3. The number of amides is 2. The van der Waals surface area contributed by atoms with Crippen molar-refractivity contribution in [1.82, 2.24) is 0 Å². The molecule has 0 aliphatic carbocycles. The van der Waals surface area contributed by atoms with Gasteiger partial charge in [0.1, 0.15) is 11.5 Å². The predicted molar refractivity (Wildman–Crippen MR) is 111 cm³/mol. The molecule has 0 aliphatic heterocycles. The molecule has 0 fully saturated rings. The van der Waals surface area contributed by atoms with Crippen molar-refractivity contribution in [2.24, 2.45) is 0 Å². The molecule has 0 spiro atoms. The van der Waals surface area contributed by atoms with Crippen LogP contribution in [0.1, 0.15) is 31.1 Å². The third-order valence-electron chi connectivity index (χ3n) is 4.43. The van der Waals surface area contributed by atoms with Gasteiger partial charge in [0.05, 0.1) is 0 Å². The predicted octanol–water partition coefficient (Wildman–Crippen LogP) is 5.17. The first kappa shape index (κ1) is 19.4. The molecule has 3 aromatic rings. The molecule has 0 unspecified atom stereocenters. The van der Waals surface area contributed by atoms with E-state index in [1.54, 1.807) is 13.0 Å². The van der Waals surface area contributed by atoms with Crippen molar-refractivity contribution in [3.63, 3.8) is 0 Å². The van der Waals surface area contributed by atoms with Crippen LogP contribution >= 0.6 is 0 Å². The lowest BCUT2D eigenvalue weighted by molar-refractivity contribution is -0.116. The number of carbonyl (C=O) groups is 2. The molecule has 2 amide bonds. The largest absolute Gasteiger partial charge is 0.461 e. The summed E-state index contributed by atoms with van der Waals surface area (Å²) >= 11 is 0. The number of rotatable bonds is 7. The Kier molecular flexibility index (Phi) is 6.27. The zero-order chi connectivity index (χ0) is 19.9. The number of hydrogen-bond acceptors (Lipinski definition) is 3. The van der Waals surface area contributed by atoms with Crippen molar-refractivity contribution in [3.8, 4) is 11.3 Å². The molecule has 0 atom stereocenters. The van der Waals surface area contributed by atoms with Crippen molar-refractivity contribution in [3.05, 3.63) is 72.0 Å². The van der Waals surface area contributed by atoms with Gasteiger partial charge >= 0.3 is 0 Å². The lowest BCUT2D eigenvalue weighted by Crippen LogP contribution is -2.14. The average Bonchev–Trinajstić information content (AvgIpc) is 3.18. The molecule has 0 radical (unpaired) electrons. The number of nitrogens with one attached hydrogen (secondary N) is 2. The van der Waals surface area contributed by atoms with Crippen molar-refractivity contribution in [1.29, 1.82) is 0 Å². The molecule has 0 bridgehead atoms. The van der Waals surface area contributed by atoms with Gasteiger partial charge in [-0.05, 0) is 36.8 Å². The number of furan rings is 1. The SMILES string of the molecule is CCC(=O)Nc1ccc(C)c(NC(=O)CCc2ccc(-c3ccccc3)o2)c1. The van der Waals surface area contributed by atoms with Gasteiger partial charge in [-0.3, -0.25) is 9.59 Å². The minimum Gasteiger partial charge on any atom is -0.461 e. The standard InChI is InChI=1S/C23H24N2O3/c1-3-22(26)24-18-10-9-16(2)20(15-18)25-23(27)14-12-19-11-13-21(28-19)17-7-5-4-6-8-17/h4-11,13,15H,3,12,14H2,1-2H3,(H,24,26)(H,25,27). The van der Waals surface area contributed by atoms with Gasteiger partial charge in [0.2, 0.25) is 11.8 Å². The van der Waals surface area contributed by atoms with Gasteiger partial charge in [0.25, 0.3) is 0 Å². The Labute approximate surface area is 164 Å². The van der Waals surface area contributed by atoms with Gasteiger partial charge in [-0.25, -0.2) is 0 Å². The lowest BCUT2D eigenvalue weighted by atomic mass is 10.1. The van der Waals surface area contributed by atoms with E-state index < -0.39 is 0 Å². The van der Waals surface area contributed by atoms with E-state index in [1.807, 2.05) is 61.5 Å². The summed E-state index contributed by atoms with van der Waals surface area (Å²) in [7, 11) is 0. The summed E-state index contributed by atoms with van der Waals surface area (Å²) in [6, 6.07) is 19.2. The van der Waals surface area contributed by atoms with E-state index in [9.17, 15) is 9.59 Å². The molecule has 2 N–H and O–H groups in total. The Hall–Kier alpha value is -3.34. The maximum Gasteiger partial charge on any atom is 0.224 e. The normalized spacial score (nSPS) is 10.5. The second-order valence-corrected chi connectivity index (χ2v) is 6.61. The maximum absolute atomic E-state index is 12.4. The van der Waals surface area contributed by atoms with Gasteiger partial charge in [0, 0.05) is 36.2 Å². The van der Waals surface area contributed by atoms with Gasteiger partial charge in [-0.2, -0.15) is 0 Å². The van der Waals surface area contributed by atoms with Crippen LogP contribution in [0.25, 0.3) is 11.3 Å². The smallest absolute Gasteiger partial charge is 0.224 e. The number of benzene rings is 2. The highest BCUT2D eigenvalue weighted by molar-refractivity contribution is 5.94. The van der Waals surface area contributed by atoms with E-state index in [0.29, 0.717) is 30.6 Å². The van der Waals surface area contributed by atoms with Crippen LogP contribution in [0.3, 0.4) is 0 Å². The van der Waals surface area contributed by atoms with Crippen LogP contribution < -0.4 is 10.6 Å². The Balaban J connectivity index is 1.58. The molecular weight excluding hydrogens is 352 g/mol. The van der Waals surface area contributed by atoms with Gasteiger partial charge in [-0.15, -0.1) is 0 Å². The van der Waals surface area contributed by atoms with Gasteiger partial charge < -0.3 is 15.1 Å². The Morgan fingerprint density at radius 1 is 0.929 bits per heavy atom. The zero-order valence-corrected chi connectivity index (χ0v) is 16.1. The third-order valence-corrected chi connectivity index (χ3v) is 4.43. The average molecular weight is 376 g/mol. The van der Waals surface area contributed by atoms with E-state index in [1.165, 1.54) is 0 Å². The van der Waals surface area contributed by atoms with Crippen molar-refractivity contribution < 1.29 is 14.0 Å². The van der Waals surface area contributed by atoms with Crippen LogP contribution in [0.15, 0.2) is 65.1 Å². The summed E-state index contributed by atoms with van der Waals surface area (Å²) in [6.07, 6.45) is 1.24. The highest BCUT2D eigenvalue weighted by Crippen LogP contribution is 2.23. The molecule has 2 aromatic carbocycles. The third kappa shape index (κ3) is 5.10. The second-order valence-electron chi connectivity index (χ2n) is 6.61. The van der Waals surface area contributed by atoms with E-state index >= 15 is 0 Å². The summed E-state index contributed by atoms with van der Waals surface area (Å²) in [4.78, 5) is 23.9. The Bertz CT molecular complexity index is 961. The van der Waals surface area contributed by atoms with E-state index in [2.05, 4.69) is 10.6 Å². The van der Waals surface area contributed by atoms with Crippen molar-refractivity contribution in [2.75, 3.05) is 10.6 Å². The molecule has 0 saturated heterocycles. The highest BCUT2D eigenvalue weighted by Gasteiger charge is 2.10. The summed E-state index contributed by atoms with van der Waals surface area (Å²) in [6.45, 7) is 3.71. The van der Waals surface area contributed by atoms with Crippen LogP contribution in [0.4, 0.5) is 11.4 Å². The number of hydrogen-bond donors (Lipinski definition) is 2. The molecule has 3 rings (SSSR count). The van der Waals surface area contributed by atoms with E-state index in [0.717, 1.165) is 22.6 Å². The topological polar surface area (TPSA) is 71.3 Å². The first-order valence-corrected chi connectivity index (χ1v) is 9.39. The van der Waals surface area contributed by atoms with Crippen molar-refractivity contribution >= 4 is 23.2 Å². The fraction of sp³-hybridized carbons (Fsp3) is 0.217. The minimum absolute atomic E-state index is 0.0619. The van der Waals surface area contributed by atoms with Crippen molar-refractivity contribution in [2.45, 2.75) is 33.1 Å². The number of anilines is 2. The van der Waals surface area contributed by atoms with Gasteiger partial charge in [0.15, 0.2) is 0 Å². The summed E-state index contributed by atoms with van der Waals surface area (Å²) in [5.74, 6) is 1.41. The molecule has 144 valence electrons. The maximum atomic E-state index is 12.4. The Morgan fingerprint density at radius 3 is 2.46 bits per heavy atom. The monoisotopic (exact) mass is 376 g/mol. The van der Waals surface area contributed by atoms with E-state index in [-0.39, 0.29) is 11.8 Å². The van der Waals surface area contributed by atoms with E-state index in [4.69, 9.17) is 4.42 Å². The summed E-state index contributed by atoms with van der Waals surface area (Å²) in [5, 5.41) is 5.72. The fourth-order valence-electron chi connectivity index (χ4n) is 2.80.